The molecule has 0 aliphatic heterocycles. The molecule has 0 radical (unpaired) electrons. The highest BCUT2D eigenvalue weighted by molar-refractivity contribution is 6.27. The van der Waals surface area contributed by atoms with E-state index in [1.165, 1.54) is 17.0 Å². The van der Waals surface area contributed by atoms with Crippen LogP contribution < -0.4 is 5.73 Å². The maximum atomic E-state index is 13.0. The number of nitrogens with two attached hydrogens (primary N) is 1. The summed E-state index contributed by atoms with van der Waals surface area (Å²) in [6, 6.07) is 3.26. The van der Waals surface area contributed by atoms with E-state index in [0.29, 0.717) is 5.56 Å². The topological polar surface area (TPSA) is 178 Å². The number of aliphatic carboxylic acids is 1. The maximum Gasteiger partial charge on any atom is 0.339 e. The van der Waals surface area contributed by atoms with Crippen LogP contribution in [-0.4, -0.2) is 75.0 Å². The zero-order chi connectivity index (χ0) is 24.1. The third-order valence-electron chi connectivity index (χ3n) is 6.13. The van der Waals surface area contributed by atoms with Crippen molar-refractivity contribution in [2.24, 2.45) is 11.7 Å². The fourth-order valence-corrected chi connectivity index (χ4v) is 4.76. The van der Waals surface area contributed by atoms with E-state index in [1.54, 1.807) is 27.1 Å². The minimum atomic E-state index is -1.64. The number of nitrogens with zero attached hydrogens (tertiary/aromatic N) is 1. The van der Waals surface area contributed by atoms with E-state index >= 15 is 0 Å². The number of aliphatic hydroxyl groups excluding tert-OH is 2. The summed E-state index contributed by atoms with van der Waals surface area (Å²) in [7, 11) is 3.09. The van der Waals surface area contributed by atoms with Gasteiger partial charge in [-0.25, -0.2) is 4.79 Å². The first-order valence-corrected chi connectivity index (χ1v) is 9.84. The lowest BCUT2D eigenvalue weighted by molar-refractivity contribution is -0.132. The van der Waals surface area contributed by atoms with Gasteiger partial charge in [0, 0.05) is 18.3 Å². The zero-order valence-corrected chi connectivity index (χ0v) is 17.7. The third kappa shape index (κ3) is 4.03. The molecule has 0 spiro atoms. The van der Waals surface area contributed by atoms with E-state index in [0.717, 1.165) is 0 Å². The summed E-state index contributed by atoms with van der Waals surface area (Å²) in [5.74, 6) is -7.31. The number of fused-ring (bicyclic) bond motifs is 1. The van der Waals surface area contributed by atoms with Crippen molar-refractivity contribution in [3.63, 3.8) is 0 Å². The summed E-state index contributed by atoms with van der Waals surface area (Å²) in [4.78, 5) is 50.7. The van der Waals surface area contributed by atoms with Crippen molar-refractivity contribution in [3.8, 4) is 5.75 Å². The highest BCUT2D eigenvalue weighted by Crippen LogP contribution is 2.44. The number of phenolic OH excluding ortho intramolecular Hbond substituents is 1. The summed E-state index contributed by atoms with van der Waals surface area (Å²) in [5.41, 5.74) is 4.00. The Kier molecular flexibility index (Phi) is 7.15. The van der Waals surface area contributed by atoms with Gasteiger partial charge in [-0.15, -0.1) is 0 Å². The second-order valence-corrected chi connectivity index (χ2v) is 8.20. The number of hydrogen-bond donors (Lipinski definition) is 5. The average Bonchev–Trinajstić information content (AvgIpc) is 2.68. The van der Waals surface area contributed by atoms with Gasteiger partial charge >= 0.3 is 5.97 Å². The predicted molar refractivity (Wildman–Crippen MR) is 118 cm³/mol. The van der Waals surface area contributed by atoms with Gasteiger partial charge in [0.15, 0.2) is 5.78 Å². The standard InChI is InChI=1S/C22H24N2O8.CH4/c1-8-9-5-4-6-11(25)14(9)19(28)16(22(31)32)13(8)18(27)10-7-12(26)15(21(23)30)20(29)17(10)24(2)3;/h4-6,8,10,17-18,25,27,29H,7H2,1-3H3,(H2,23,30)(H,31,32);1H4/t8-,10?,17-,18+;/m0./s1. The molecule has 3 rings (SSSR count). The van der Waals surface area contributed by atoms with Crippen molar-refractivity contribution in [1.82, 2.24) is 4.90 Å². The SMILES string of the molecule is C.C[C@@H]1C([C@H](O)C2CC(=O)C(C(N)=O)=C(O)[C@H]2N(C)C)=C(C(=O)O)C(=O)c2c(O)cccc21. The number of likely N-dealkylation sites (N-methyl/N-ethyl adjacent to an activating group) is 1. The molecule has 0 aromatic heterocycles. The Balaban J connectivity index is 0.00000385. The number of Topliss-reactive ketones (excluding diaryl/α,β-unsaturated/α-hetero) is 2. The molecule has 0 bridgehead atoms. The van der Waals surface area contributed by atoms with Crippen LogP contribution in [0.15, 0.2) is 40.7 Å². The van der Waals surface area contributed by atoms with E-state index in [1.807, 2.05) is 0 Å². The Morgan fingerprint density at radius 2 is 1.76 bits per heavy atom. The fourth-order valence-electron chi connectivity index (χ4n) is 4.76. The van der Waals surface area contributed by atoms with Gasteiger partial charge in [-0.05, 0) is 31.3 Å². The van der Waals surface area contributed by atoms with Crippen LogP contribution in [0.1, 0.15) is 42.6 Å². The molecule has 1 aromatic carbocycles. The van der Waals surface area contributed by atoms with Crippen molar-refractivity contribution in [2.45, 2.75) is 38.8 Å². The molecule has 1 unspecified atom stereocenters. The van der Waals surface area contributed by atoms with Crippen LogP contribution in [0.5, 0.6) is 5.75 Å². The van der Waals surface area contributed by atoms with Gasteiger partial charge in [0.05, 0.1) is 17.7 Å². The Labute approximate surface area is 190 Å². The minimum Gasteiger partial charge on any atom is -0.510 e. The van der Waals surface area contributed by atoms with Gasteiger partial charge < -0.3 is 26.2 Å². The Bertz CT molecular complexity index is 1100. The molecule has 6 N–H and O–H groups in total. The molecule has 4 atom stereocenters. The molecule has 1 amide bonds. The zero-order valence-electron chi connectivity index (χ0n) is 17.7. The van der Waals surface area contributed by atoms with E-state index in [2.05, 4.69) is 0 Å². The molecule has 0 fully saturated rings. The van der Waals surface area contributed by atoms with Crippen LogP contribution in [0, 0.1) is 5.92 Å². The van der Waals surface area contributed by atoms with Crippen molar-refractivity contribution < 1.29 is 39.6 Å². The lowest BCUT2D eigenvalue weighted by Gasteiger charge is -2.40. The molecular weight excluding hydrogens is 432 g/mol. The third-order valence-corrected chi connectivity index (χ3v) is 6.13. The van der Waals surface area contributed by atoms with Gasteiger partial charge in [0.2, 0.25) is 5.78 Å². The summed E-state index contributed by atoms with van der Waals surface area (Å²) in [6.45, 7) is 1.58. The smallest absolute Gasteiger partial charge is 0.339 e. The molecule has 33 heavy (non-hydrogen) atoms. The van der Waals surface area contributed by atoms with E-state index < -0.39 is 70.8 Å². The number of benzene rings is 1. The summed E-state index contributed by atoms with van der Waals surface area (Å²) < 4.78 is 0. The Hall–Kier alpha value is -3.50. The largest absolute Gasteiger partial charge is 0.510 e. The fraction of sp³-hybridized carbons (Fsp3) is 0.391. The number of aliphatic hydroxyl groups is 2. The highest BCUT2D eigenvalue weighted by Gasteiger charge is 2.47. The average molecular weight is 460 g/mol. The van der Waals surface area contributed by atoms with Gasteiger partial charge in [-0.3, -0.25) is 19.3 Å². The summed E-state index contributed by atoms with van der Waals surface area (Å²) in [6.07, 6.45) is -2.04. The van der Waals surface area contributed by atoms with E-state index in [9.17, 15) is 39.6 Å². The van der Waals surface area contributed by atoms with Crippen LogP contribution in [0.4, 0.5) is 0 Å². The first-order chi connectivity index (χ1) is 14.9. The first-order valence-electron chi connectivity index (χ1n) is 9.84. The van der Waals surface area contributed by atoms with E-state index in [4.69, 9.17) is 5.73 Å². The van der Waals surface area contributed by atoms with Crippen LogP contribution in [-0.2, 0) is 14.4 Å². The van der Waals surface area contributed by atoms with Crippen LogP contribution in [0.2, 0.25) is 0 Å². The van der Waals surface area contributed by atoms with Gasteiger partial charge in [-0.1, -0.05) is 26.5 Å². The van der Waals surface area contributed by atoms with Gasteiger partial charge in [0.1, 0.15) is 22.7 Å². The molecule has 10 nitrogen and oxygen atoms in total. The number of carbonyl (C=O) groups excluding carboxylic acids is 3. The van der Waals surface area contributed by atoms with Crippen LogP contribution >= 0.6 is 0 Å². The second kappa shape index (κ2) is 9.16. The predicted octanol–water partition coefficient (Wildman–Crippen LogP) is 0.887. The monoisotopic (exact) mass is 460 g/mol. The molecule has 0 heterocycles. The molecule has 178 valence electrons. The number of carboxylic acid groups (broad SMARTS) is 1. The number of carboxylic acids is 1. The number of phenols is 1. The van der Waals surface area contributed by atoms with Crippen molar-refractivity contribution in [1.29, 1.82) is 0 Å². The van der Waals surface area contributed by atoms with Crippen LogP contribution in [0.25, 0.3) is 0 Å². The molecule has 1 aromatic rings. The number of amides is 1. The molecule has 0 saturated heterocycles. The number of rotatable bonds is 5. The number of hydrogen-bond acceptors (Lipinski definition) is 8. The van der Waals surface area contributed by atoms with Crippen molar-refractivity contribution in [3.05, 3.63) is 51.8 Å². The lowest BCUT2D eigenvalue weighted by Crippen LogP contribution is -2.50. The molecule has 2 aliphatic carbocycles. The van der Waals surface area contributed by atoms with Crippen molar-refractivity contribution >= 4 is 23.4 Å². The number of primary amides is 1. The minimum absolute atomic E-state index is 0. The summed E-state index contributed by atoms with van der Waals surface area (Å²) in [5, 5.41) is 41.9. The quantitative estimate of drug-likeness (QED) is 0.399. The highest BCUT2D eigenvalue weighted by atomic mass is 16.4. The van der Waals surface area contributed by atoms with Crippen LogP contribution in [0.3, 0.4) is 0 Å². The number of ketones is 2. The number of aromatic hydroxyl groups is 1. The summed E-state index contributed by atoms with van der Waals surface area (Å²) >= 11 is 0. The lowest BCUT2D eigenvalue weighted by atomic mass is 9.69. The Morgan fingerprint density at radius 3 is 2.27 bits per heavy atom. The number of carbonyl (C=O) groups is 4. The first kappa shape index (κ1) is 25.8. The van der Waals surface area contributed by atoms with Gasteiger partial charge in [0.25, 0.3) is 5.91 Å². The Morgan fingerprint density at radius 1 is 1.15 bits per heavy atom. The molecule has 10 heteroatoms. The van der Waals surface area contributed by atoms with Gasteiger partial charge in [-0.2, -0.15) is 0 Å². The maximum absolute atomic E-state index is 13.0. The molecular formula is C23H28N2O8. The second-order valence-electron chi connectivity index (χ2n) is 8.20. The molecule has 2 aliphatic rings. The molecule has 0 saturated carbocycles. The van der Waals surface area contributed by atoms with E-state index in [-0.39, 0.29) is 24.3 Å². The normalized spacial score (nSPS) is 23.8. The van der Waals surface area contributed by atoms with Crippen molar-refractivity contribution in [2.75, 3.05) is 14.1 Å².